The molecule has 20 heavy (non-hydrogen) atoms. The molecule has 1 aromatic carbocycles. The molecule has 0 atom stereocenters. The topological polar surface area (TPSA) is 68.3 Å². The molecule has 2 rings (SSSR count). The van der Waals surface area contributed by atoms with Crippen molar-refractivity contribution < 1.29 is 14.3 Å². The lowest BCUT2D eigenvalue weighted by Gasteiger charge is -2.09. The summed E-state index contributed by atoms with van der Waals surface area (Å²) in [5, 5.41) is 2.76. The normalized spacial score (nSPS) is 9.85. The number of pyridine rings is 1. The maximum absolute atomic E-state index is 11.7. The Morgan fingerprint density at radius 1 is 1.30 bits per heavy atom. The van der Waals surface area contributed by atoms with Gasteiger partial charge in [-0.2, -0.15) is 0 Å². The number of nitrogens with zero attached hydrogens (tertiary/aromatic N) is 1. The molecule has 0 aliphatic heterocycles. The molecule has 0 aliphatic rings. The zero-order valence-electron chi connectivity index (χ0n) is 11.0. The van der Waals surface area contributed by atoms with E-state index < -0.39 is 0 Å². The van der Waals surface area contributed by atoms with Gasteiger partial charge in [0.05, 0.1) is 6.20 Å². The maximum Gasteiger partial charge on any atom is 0.262 e. The number of amides is 1. The van der Waals surface area contributed by atoms with Gasteiger partial charge in [0, 0.05) is 5.69 Å². The fourth-order valence-electron chi connectivity index (χ4n) is 1.60. The summed E-state index contributed by atoms with van der Waals surface area (Å²) in [6, 6.07) is 10.6. The first kappa shape index (κ1) is 13.7. The van der Waals surface area contributed by atoms with Gasteiger partial charge in [0.15, 0.2) is 12.9 Å². The minimum atomic E-state index is -0.251. The van der Waals surface area contributed by atoms with Gasteiger partial charge in [-0.1, -0.05) is 18.2 Å². The zero-order valence-corrected chi connectivity index (χ0v) is 11.0. The van der Waals surface area contributed by atoms with Gasteiger partial charge in [-0.3, -0.25) is 9.59 Å². The lowest BCUT2D eigenvalue weighted by atomic mass is 10.2. The van der Waals surface area contributed by atoms with Crippen molar-refractivity contribution in [2.75, 3.05) is 11.9 Å². The molecule has 0 spiro atoms. The highest BCUT2D eigenvalue weighted by Crippen LogP contribution is 2.13. The van der Waals surface area contributed by atoms with Crippen LogP contribution in [0.15, 0.2) is 42.6 Å². The quantitative estimate of drug-likeness (QED) is 0.846. The number of aryl methyl sites for hydroxylation is 1. The van der Waals surface area contributed by atoms with Gasteiger partial charge >= 0.3 is 0 Å². The average Bonchev–Trinajstić information content (AvgIpc) is 2.48. The van der Waals surface area contributed by atoms with Crippen LogP contribution in [0.4, 0.5) is 5.69 Å². The van der Waals surface area contributed by atoms with E-state index in [9.17, 15) is 9.59 Å². The number of carbonyl (C=O) groups is 2. The van der Waals surface area contributed by atoms with Gasteiger partial charge in [0.25, 0.3) is 5.91 Å². The molecule has 5 heteroatoms. The van der Waals surface area contributed by atoms with Crippen LogP contribution in [-0.2, 0) is 4.79 Å². The van der Waals surface area contributed by atoms with E-state index in [4.69, 9.17) is 4.74 Å². The van der Waals surface area contributed by atoms with Gasteiger partial charge < -0.3 is 10.1 Å². The van der Waals surface area contributed by atoms with E-state index in [1.54, 1.807) is 6.07 Å². The van der Waals surface area contributed by atoms with Crippen LogP contribution in [0, 0.1) is 6.92 Å². The minimum absolute atomic E-state index is 0.115. The van der Waals surface area contributed by atoms with Crippen LogP contribution in [0.25, 0.3) is 0 Å². The standard InChI is InChI=1S/C15H14N2O3/c1-11-4-2-3-5-14(11)17-15(19)10-20-13-7-6-12(9-18)16-8-13/h2-9H,10H2,1H3,(H,17,19). The fraction of sp³-hybridized carbons (Fsp3) is 0.133. The monoisotopic (exact) mass is 270 g/mol. The predicted molar refractivity (Wildman–Crippen MR) is 74.9 cm³/mol. The number of hydrogen-bond donors (Lipinski definition) is 1. The van der Waals surface area contributed by atoms with Crippen LogP contribution < -0.4 is 10.1 Å². The second kappa shape index (κ2) is 6.47. The number of anilines is 1. The fourth-order valence-corrected chi connectivity index (χ4v) is 1.60. The van der Waals surface area contributed by atoms with E-state index in [2.05, 4.69) is 10.3 Å². The Bertz CT molecular complexity index is 609. The van der Waals surface area contributed by atoms with Gasteiger partial charge in [-0.05, 0) is 30.7 Å². The molecule has 0 saturated heterocycles. The molecule has 102 valence electrons. The van der Waals surface area contributed by atoms with Crippen molar-refractivity contribution in [3.8, 4) is 5.75 Å². The third-order valence-corrected chi connectivity index (χ3v) is 2.67. The van der Waals surface area contributed by atoms with E-state index in [1.165, 1.54) is 12.3 Å². The van der Waals surface area contributed by atoms with Crippen molar-refractivity contribution in [1.29, 1.82) is 0 Å². The first-order chi connectivity index (χ1) is 9.69. The van der Waals surface area contributed by atoms with E-state index >= 15 is 0 Å². The number of nitrogens with one attached hydrogen (secondary N) is 1. The number of rotatable bonds is 5. The number of hydrogen-bond acceptors (Lipinski definition) is 4. The first-order valence-corrected chi connectivity index (χ1v) is 6.08. The van der Waals surface area contributed by atoms with Crippen molar-refractivity contribution in [3.05, 3.63) is 53.9 Å². The Labute approximate surface area is 116 Å². The van der Waals surface area contributed by atoms with Crippen molar-refractivity contribution in [2.45, 2.75) is 6.92 Å². The number of ether oxygens (including phenoxy) is 1. The lowest BCUT2D eigenvalue weighted by molar-refractivity contribution is -0.118. The molecule has 1 N–H and O–H groups in total. The highest BCUT2D eigenvalue weighted by molar-refractivity contribution is 5.92. The van der Waals surface area contributed by atoms with E-state index in [-0.39, 0.29) is 12.5 Å². The van der Waals surface area contributed by atoms with Crippen molar-refractivity contribution in [1.82, 2.24) is 4.98 Å². The summed E-state index contributed by atoms with van der Waals surface area (Å²) in [7, 11) is 0. The summed E-state index contributed by atoms with van der Waals surface area (Å²) >= 11 is 0. The third kappa shape index (κ3) is 3.65. The van der Waals surface area contributed by atoms with Gasteiger partial charge in [-0.25, -0.2) is 4.98 Å². The zero-order chi connectivity index (χ0) is 14.4. The highest BCUT2D eigenvalue weighted by Gasteiger charge is 2.05. The number of aldehydes is 1. The van der Waals surface area contributed by atoms with Crippen LogP contribution in [0.2, 0.25) is 0 Å². The smallest absolute Gasteiger partial charge is 0.262 e. The molecule has 0 fully saturated rings. The Morgan fingerprint density at radius 2 is 2.10 bits per heavy atom. The highest BCUT2D eigenvalue weighted by atomic mass is 16.5. The summed E-state index contributed by atoms with van der Waals surface area (Å²) in [6.07, 6.45) is 2.06. The average molecular weight is 270 g/mol. The van der Waals surface area contributed by atoms with Gasteiger partial charge in [0.1, 0.15) is 11.4 Å². The summed E-state index contributed by atoms with van der Waals surface area (Å²) in [6.45, 7) is 1.80. The van der Waals surface area contributed by atoms with Crippen LogP contribution in [0.5, 0.6) is 5.75 Å². The van der Waals surface area contributed by atoms with Crippen LogP contribution >= 0.6 is 0 Å². The Kier molecular flexibility index (Phi) is 4.44. The number of para-hydroxylation sites is 1. The Balaban J connectivity index is 1.88. The molecular weight excluding hydrogens is 256 g/mol. The predicted octanol–water partition coefficient (Wildman–Crippen LogP) is 2.22. The summed E-state index contributed by atoms with van der Waals surface area (Å²) in [5.74, 6) is 0.189. The Morgan fingerprint density at radius 3 is 2.75 bits per heavy atom. The first-order valence-electron chi connectivity index (χ1n) is 6.08. The van der Waals surface area contributed by atoms with E-state index in [0.717, 1.165) is 11.3 Å². The third-order valence-electron chi connectivity index (χ3n) is 2.67. The Hall–Kier alpha value is -2.69. The van der Waals surface area contributed by atoms with Crippen molar-refractivity contribution >= 4 is 17.9 Å². The largest absolute Gasteiger partial charge is 0.482 e. The van der Waals surface area contributed by atoms with Crippen LogP contribution in [0.1, 0.15) is 16.1 Å². The molecular formula is C15H14N2O3. The molecule has 5 nitrogen and oxygen atoms in total. The second-order valence-electron chi connectivity index (χ2n) is 4.19. The van der Waals surface area contributed by atoms with E-state index in [1.807, 2.05) is 31.2 Å². The molecule has 0 radical (unpaired) electrons. The van der Waals surface area contributed by atoms with Crippen LogP contribution in [0.3, 0.4) is 0 Å². The molecule has 1 aromatic heterocycles. The molecule has 0 unspecified atom stereocenters. The maximum atomic E-state index is 11.7. The minimum Gasteiger partial charge on any atom is -0.482 e. The molecule has 0 saturated carbocycles. The lowest BCUT2D eigenvalue weighted by Crippen LogP contribution is -2.20. The molecule has 1 amide bonds. The molecule has 0 bridgehead atoms. The van der Waals surface area contributed by atoms with E-state index in [0.29, 0.717) is 17.7 Å². The van der Waals surface area contributed by atoms with Crippen molar-refractivity contribution in [3.63, 3.8) is 0 Å². The number of aromatic nitrogens is 1. The van der Waals surface area contributed by atoms with Crippen LogP contribution in [-0.4, -0.2) is 23.8 Å². The van der Waals surface area contributed by atoms with Gasteiger partial charge in [-0.15, -0.1) is 0 Å². The van der Waals surface area contributed by atoms with Gasteiger partial charge in [0.2, 0.25) is 0 Å². The summed E-state index contributed by atoms with van der Waals surface area (Å²) < 4.78 is 5.29. The number of benzene rings is 1. The summed E-state index contributed by atoms with van der Waals surface area (Å²) in [4.78, 5) is 26.0. The molecule has 0 aliphatic carbocycles. The summed E-state index contributed by atoms with van der Waals surface area (Å²) in [5.41, 5.74) is 2.06. The molecule has 1 heterocycles. The number of carbonyl (C=O) groups excluding carboxylic acids is 2. The SMILES string of the molecule is Cc1ccccc1NC(=O)COc1ccc(C=O)nc1. The van der Waals surface area contributed by atoms with Crippen molar-refractivity contribution in [2.24, 2.45) is 0 Å². The molecule has 2 aromatic rings. The second-order valence-corrected chi connectivity index (χ2v) is 4.19.